The molecule has 0 aliphatic carbocycles. The van der Waals surface area contributed by atoms with Crippen LogP contribution in [-0.2, 0) is 9.53 Å². The number of carboxylic acid groups (broad SMARTS) is 1. The highest BCUT2D eigenvalue weighted by Gasteiger charge is 2.22. The van der Waals surface area contributed by atoms with Gasteiger partial charge in [0.1, 0.15) is 6.26 Å². The number of hydrogen-bond donors (Lipinski definition) is 1. The molecule has 0 radical (unpaired) electrons. The van der Waals surface area contributed by atoms with Crippen LogP contribution in [-0.4, -0.2) is 20.9 Å². The van der Waals surface area contributed by atoms with Crippen LogP contribution in [0, 0.1) is 0 Å². The number of fused-ring (bicyclic) bond motifs is 2. The summed E-state index contributed by atoms with van der Waals surface area (Å²) in [5.74, 6) is -0.290. The summed E-state index contributed by atoms with van der Waals surface area (Å²) < 4.78 is 5.22. The summed E-state index contributed by atoms with van der Waals surface area (Å²) >= 11 is 0. The number of carbonyl (C=O) groups is 1. The van der Waals surface area contributed by atoms with Crippen LogP contribution in [0.2, 0.25) is 0 Å². The molecular formula is C11H8N2O3. The average Bonchev–Trinajstić information content (AvgIpc) is 2.71. The number of hydrogen-bond acceptors (Lipinski definition) is 4. The second-order valence-corrected chi connectivity index (χ2v) is 3.46. The quantitative estimate of drug-likeness (QED) is 0.715. The van der Waals surface area contributed by atoms with Crippen LogP contribution in [0.4, 0.5) is 0 Å². The van der Waals surface area contributed by atoms with Gasteiger partial charge in [-0.2, -0.15) is 0 Å². The number of nitrogens with zero attached hydrogens (tertiary/aromatic N) is 2. The van der Waals surface area contributed by atoms with Crippen molar-refractivity contribution in [2.24, 2.45) is 0 Å². The SMILES string of the molecule is O=C(O)C1=CN2C=C3OC=CN3C=C2C=C1. The highest BCUT2D eigenvalue weighted by molar-refractivity contribution is 5.90. The average molecular weight is 216 g/mol. The Hall–Kier alpha value is -2.43. The summed E-state index contributed by atoms with van der Waals surface area (Å²) in [7, 11) is 0. The van der Waals surface area contributed by atoms with Crippen molar-refractivity contribution in [1.82, 2.24) is 9.80 Å². The number of aliphatic carboxylic acids is 1. The van der Waals surface area contributed by atoms with Gasteiger partial charge >= 0.3 is 5.97 Å². The van der Waals surface area contributed by atoms with Gasteiger partial charge in [-0.05, 0) is 12.2 Å². The molecule has 0 fully saturated rings. The minimum Gasteiger partial charge on any atom is -0.478 e. The minimum atomic E-state index is -0.943. The van der Waals surface area contributed by atoms with Gasteiger partial charge in [0.25, 0.3) is 0 Å². The predicted octanol–water partition coefficient (Wildman–Crippen LogP) is 1.28. The molecule has 16 heavy (non-hydrogen) atoms. The van der Waals surface area contributed by atoms with Gasteiger partial charge in [0.2, 0.25) is 5.88 Å². The van der Waals surface area contributed by atoms with Crippen molar-refractivity contribution in [3.8, 4) is 0 Å². The van der Waals surface area contributed by atoms with Crippen molar-refractivity contribution >= 4 is 5.97 Å². The van der Waals surface area contributed by atoms with Crippen LogP contribution in [0.15, 0.2) is 60.4 Å². The van der Waals surface area contributed by atoms with Crippen molar-refractivity contribution in [2.45, 2.75) is 0 Å². The van der Waals surface area contributed by atoms with Gasteiger partial charge in [-0.1, -0.05) is 0 Å². The maximum atomic E-state index is 10.8. The van der Waals surface area contributed by atoms with Gasteiger partial charge in [0.15, 0.2) is 0 Å². The maximum Gasteiger partial charge on any atom is 0.337 e. The fourth-order valence-corrected chi connectivity index (χ4v) is 1.64. The zero-order chi connectivity index (χ0) is 11.1. The molecule has 0 spiro atoms. The van der Waals surface area contributed by atoms with E-state index in [2.05, 4.69) is 0 Å². The Morgan fingerprint density at radius 1 is 1.19 bits per heavy atom. The Bertz CT molecular complexity index is 511. The molecule has 0 atom stereocenters. The summed E-state index contributed by atoms with van der Waals surface area (Å²) in [4.78, 5) is 14.4. The molecule has 3 aliphatic rings. The molecule has 3 aliphatic heterocycles. The van der Waals surface area contributed by atoms with Crippen molar-refractivity contribution in [3.05, 3.63) is 60.4 Å². The standard InChI is InChI=1S/C11H8N2O3/c14-11(15)8-1-2-9-6-12-3-4-16-10(12)7-13(9)5-8/h1-7H,(H,14,15). The van der Waals surface area contributed by atoms with Crippen LogP contribution in [0.3, 0.4) is 0 Å². The Morgan fingerprint density at radius 2 is 2.06 bits per heavy atom. The van der Waals surface area contributed by atoms with Gasteiger partial charge in [-0.15, -0.1) is 0 Å². The lowest BCUT2D eigenvalue weighted by atomic mass is 10.1. The van der Waals surface area contributed by atoms with Crippen LogP contribution in [0.1, 0.15) is 0 Å². The summed E-state index contributed by atoms with van der Waals surface area (Å²) in [6.45, 7) is 0. The zero-order valence-corrected chi connectivity index (χ0v) is 8.20. The van der Waals surface area contributed by atoms with E-state index in [-0.39, 0.29) is 5.57 Å². The van der Waals surface area contributed by atoms with Gasteiger partial charge in [-0.3, -0.25) is 4.90 Å². The third kappa shape index (κ3) is 1.22. The third-order valence-corrected chi connectivity index (χ3v) is 2.44. The zero-order valence-electron chi connectivity index (χ0n) is 8.20. The summed E-state index contributed by atoms with van der Waals surface area (Å²) in [5, 5.41) is 8.88. The van der Waals surface area contributed by atoms with Gasteiger partial charge in [0, 0.05) is 18.6 Å². The van der Waals surface area contributed by atoms with E-state index in [9.17, 15) is 4.79 Å². The molecular weight excluding hydrogens is 208 g/mol. The van der Waals surface area contributed by atoms with Crippen molar-refractivity contribution in [3.63, 3.8) is 0 Å². The molecule has 0 bridgehead atoms. The fourth-order valence-electron chi connectivity index (χ4n) is 1.64. The predicted molar refractivity (Wildman–Crippen MR) is 54.9 cm³/mol. The third-order valence-electron chi connectivity index (χ3n) is 2.44. The Kier molecular flexibility index (Phi) is 1.67. The first-order valence-corrected chi connectivity index (χ1v) is 4.71. The molecule has 0 saturated carbocycles. The monoisotopic (exact) mass is 216 g/mol. The first-order valence-electron chi connectivity index (χ1n) is 4.71. The minimum absolute atomic E-state index is 0.244. The van der Waals surface area contributed by atoms with Gasteiger partial charge < -0.3 is 14.7 Å². The molecule has 0 unspecified atom stereocenters. The summed E-state index contributed by atoms with van der Waals surface area (Å²) in [5.41, 5.74) is 1.14. The summed E-state index contributed by atoms with van der Waals surface area (Å²) in [6.07, 6.45) is 11.9. The lowest BCUT2D eigenvalue weighted by Crippen LogP contribution is -2.23. The van der Waals surface area contributed by atoms with Crippen LogP contribution < -0.4 is 0 Å². The van der Waals surface area contributed by atoms with E-state index in [4.69, 9.17) is 9.84 Å². The van der Waals surface area contributed by atoms with E-state index in [0.717, 1.165) is 5.70 Å². The molecule has 80 valence electrons. The Morgan fingerprint density at radius 3 is 2.88 bits per heavy atom. The molecule has 0 aromatic heterocycles. The van der Waals surface area contributed by atoms with E-state index in [1.54, 1.807) is 41.9 Å². The molecule has 0 aromatic rings. The van der Waals surface area contributed by atoms with Crippen molar-refractivity contribution in [1.29, 1.82) is 0 Å². The van der Waals surface area contributed by atoms with Crippen LogP contribution in [0.5, 0.6) is 0 Å². The molecule has 3 rings (SSSR count). The van der Waals surface area contributed by atoms with Crippen LogP contribution >= 0.6 is 0 Å². The fraction of sp³-hybridized carbons (Fsp3) is 0. The highest BCUT2D eigenvalue weighted by atomic mass is 16.5. The first-order chi connectivity index (χ1) is 7.74. The molecule has 3 heterocycles. The second-order valence-electron chi connectivity index (χ2n) is 3.46. The smallest absolute Gasteiger partial charge is 0.337 e. The van der Waals surface area contributed by atoms with E-state index < -0.39 is 5.97 Å². The topological polar surface area (TPSA) is 53.0 Å². The second kappa shape index (κ2) is 3.03. The molecule has 5 nitrogen and oxygen atoms in total. The number of ether oxygens (including phenoxy) is 1. The number of carboxylic acids is 1. The largest absolute Gasteiger partial charge is 0.478 e. The van der Waals surface area contributed by atoms with E-state index in [1.165, 1.54) is 0 Å². The van der Waals surface area contributed by atoms with Crippen molar-refractivity contribution < 1.29 is 14.6 Å². The summed E-state index contributed by atoms with van der Waals surface area (Å²) in [6, 6.07) is 0. The number of rotatable bonds is 1. The van der Waals surface area contributed by atoms with Crippen molar-refractivity contribution in [2.75, 3.05) is 0 Å². The van der Waals surface area contributed by atoms with Gasteiger partial charge in [0.05, 0.1) is 17.5 Å². The normalized spacial score (nSPS) is 20.6. The molecule has 1 N–H and O–H groups in total. The van der Waals surface area contributed by atoms with E-state index >= 15 is 0 Å². The molecule has 0 amide bonds. The highest BCUT2D eigenvalue weighted by Crippen LogP contribution is 2.28. The number of allylic oxidation sites excluding steroid dienone is 1. The lowest BCUT2D eigenvalue weighted by Gasteiger charge is -2.28. The van der Waals surface area contributed by atoms with Gasteiger partial charge in [-0.25, -0.2) is 4.79 Å². The Balaban J connectivity index is 1.98. The molecule has 0 saturated heterocycles. The van der Waals surface area contributed by atoms with E-state index in [1.807, 2.05) is 11.1 Å². The maximum absolute atomic E-state index is 10.8. The Labute approximate surface area is 91.5 Å². The van der Waals surface area contributed by atoms with Crippen LogP contribution in [0.25, 0.3) is 0 Å². The van der Waals surface area contributed by atoms with E-state index in [0.29, 0.717) is 5.88 Å². The molecule has 5 heteroatoms. The molecule has 0 aromatic carbocycles. The first kappa shape index (κ1) is 8.84. The lowest BCUT2D eigenvalue weighted by molar-refractivity contribution is -0.132.